The van der Waals surface area contributed by atoms with Crippen molar-refractivity contribution in [3.8, 4) is 0 Å². The van der Waals surface area contributed by atoms with E-state index in [4.69, 9.17) is 0 Å². The number of carbonyl (C=O) groups excluding carboxylic acids is 1. The molecule has 2 N–H and O–H groups in total. The van der Waals surface area contributed by atoms with Crippen molar-refractivity contribution < 1.29 is 9.90 Å². The molecule has 1 saturated heterocycles. The highest BCUT2D eigenvalue weighted by Crippen LogP contribution is 2.17. The lowest BCUT2D eigenvalue weighted by atomic mass is 9.96. The van der Waals surface area contributed by atoms with E-state index >= 15 is 0 Å². The number of benzene rings is 1. The number of piperidine rings is 1. The van der Waals surface area contributed by atoms with Gasteiger partial charge in [0, 0.05) is 26.2 Å². The fourth-order valence-corrected chi connectivity index (χ4v) is 3.26. The minimum atomic E-state index is -0.413. The highest BCUT2D eigenvalue weighted by Gasteiger charge is 2.26. The third kappa shape index (κ3) is 3.53. The molecule has 0 bridgehead atoms. The number of carbonyl (C=O) groups is 1. The molecule has 6 nitrogen and oxygen atoms in total. The molecule has 24 heavy (non-hydrogen) atoms. The van der Waals surface area contributed by atoms with Crippen molar-refractivity contribution in [3.05, 3.63) is 30.1 Å². The molecule has 2 atom stereocenters. The van der Waals surface area contributed by atoms with Crippen molar-refractivity contribution in [2.45, 2.75) is 39.3 Å². The van der Waals surface area contributed by atoms with Crippen LogP contribution in [0, 0.1) is 12.8 Å². The number of hydrogen-bond acceptors (Lipinski definition) is 3. The molecule has 0 saturated carbocycles. The minimum Gasteiger partial charge on any atom is -0.391 e. The van der Waals surface area contributed by atoms with Gasteiger partial charge in [0.05, 0.1) is 17.1 Å². The van der Waals surface area contributed by atoms with E-state index in [0.29, 0.717) is 13.1 Å². The maximum atomic E-state index is 12.2. The zero-order chi connectivity index (χ0) is 17.1. The van der Waals surface area contributed by atoms with Gasteiger partial charge in [-0.1, -0.05) is 19.1 Å². The number of amides is 2. The predicted molar refractivity (Wildman–Crippen MR) is 93.8 cm³/mol. The molecule has 2 unspecified atom stereocenters. The molecular formula is C18H26N4O2. The molecule has 0 radical (unpaired) electrons. The molecule has 1 aromatic heterocycles. The van der Waals surface area contributed by atoms with E-state index in [1.54, 1.807) is 4.90 Å². The Bertz CT molecular complexity index is 712. The standard InChI is InChI=1S/C18H26N4O2/c1-13-8-11-21(12-17(13)23)18(24)19-9-5-10-22-14(2)20-15-6-3-4-7-16(15)22/h3-4,6-7,13,17,23H,5,8-12H2,1-2H3,(H,19,24). The van der Waals surface area contributed by atoms with Crippen LogP contribution >= 0.6 is 0 Å². The Morgan fingerprint density at radius 3 is 3.00 bits per heavy atom. The van der Waals surface area contributed by atoms with Crippen LogP contribution in [-0.4, -0.2) is 51.3 Å². The summed E-state index contributed by atoms with van der Waals surface area (Å²) in [7, 11) is 0. The second kappa shape index (κ2) is 7.21. The van der Waals surface area contributed by atoms with Crippen LogP contribution in [0.5, 0.6) is 0 Å². The number of imidazole rings is 1. The van der Waals surface area contributed by atoms with Crippen LogP contribution in [0.15, 0.2) is 24.3 Å². The molecule has 2 amide bonds. The van der Waals surface area contributed by atoms with Crippen LogP contribution in [-0.2, 0) is 6.54 Å². The van der Waals surface area contributed by atoms with Gasteiger partial charge in [-0.3, -0.25) is 0 Å². The topological polar surface area (TPSA) is 70.4 Å². The number of aliphatic hydroxyl groups is 1. The first-order valence-electron chi connectivity index (χ1n) is 8.69. The largest absolute Gasteiger partial charge is 0.391 e. The van der Waals surface area contributed by atoms with E-state index in [-0.39, 0.29) is 11.9 Å². The second-order valence-electron chi connectivity index (χ2n) is 6.66. The Hall–Kier alpha value is -2.08. The highest BCUT2D eigenvalue weighted by molar-refractivity contribution is 5.76. The molecule has 2 aromatic rings. The van der Waals surface area contributed by atoms with Crippen LogP contribution in [0.4, 0.5) is 4.79 Å². The Balaban J connectivity index is 1.48. The molecule has 1 aliphatic heterocycles. The Kier molecular flexibility index (Phi) is 5.04. The summed E-state index contributed by atoms with van der Waals surface area (Å²) >= 11 is 0. The summed E-state index contributed by atoms with van der Waals surface area (Å²) in [5.74, 6) is 1.27. The van der Waals surface area contributed by atoms with Gasteiger partial charge in [0.25, 0.3) is 0 Å². The summed E-state index contributed by atoms with van der Waals surface area (Å²) < 4.78 is 2.19. The lowest BCUT2D eigenvalue weighted by Crippen LogP contribution is -2.49. The van der Waals surface area contributed by atoms with E-state index in [9.17, 15) is 9.90 Å². The van der Waals surface area contributed by atoms with Gasteiger partial charge < -0.3 is 19.9 Å². The number of fused-ring (bicyclic) bond motifs is 1. The Labute approximate surface area is 142 Å². The number of aliphatic hydroxyl groups excluding tert-OH is 1. The SMILES string of the molecule is Cc1nc2ccccc2n1CCCNC(=O)N1CCC(C)C(O)C1. The van der Waals surface area contributed by atoms with Gasteiger partial charge in [0.2, 0.25) is 0 Å². The van der Waals surface area contributed by atoms with Crippen molar-refractivity contribution in [2.24, 2.45) is 5.92 Å². The molecule has 1 aromatic carbocycles. The number of nitrogens with zero attached hydrogens (tertiary/aromatic N) is 3. The van der Waals surface area contributed by atoms with E-state index in [1.165, 1.54) is 0 Å². The summed E-state index contributed by atoms with van der Waals surface area (Å²) in [6, 6.07) is 8.03. The average molecular weight is 330 g/mol. The fraction of sp³-hybridized carbons (Fsp3) is 0.556. The number of β-amino-alcohol motifs (C(OH)–C–C–N with tert-alkyl or cyclic N) is 1. The van der Waals surface area contributed by atoms with Crippen LogP contribution in [0.3, 0.4) is 0 Å². The highest BCUT2D eigenvalue weighted by atomic mass is 16.3. The zero-order valence-corrected chi connectivity index (χ0v) is 14.4. The minimum absolute atomic E-state index is 0.0758. The molecule has 1 fully saturated rings. The van der Waals surface area contributed by atoms with E-state index in [2.05, 4.69) is 20.9 Å². The van der Waals surface area contributed by atoms with Gasteiger partial charge in [-0.15, -0.1) is 0 Å². The predicted octanol–water partition coefficient (Wildman–Crippen LogP) is 2.15. The first-order valence-corrected chi connectivity index (χ1v) is 8.69. The van der Waals surface area contributed by atoms with Gasteiger partial charge in [0.15, 0.2) is 0 Å². The second-order valence-corrected chi connectivity index (χ2v) is 6.66. The fourth-order valence-electron chi connectivity index (χ4n) is 3.26. The summed E-state index contributed by atoms with van der Waals surface area (Å²) in [4.78, 5) is 18.4. The van der Waals surface area contributed by atoms with Gasteiger partial charge in [0.1, 0.15) is 5.82 Å². The molecule has 6 heteroatoms. The normalized spacial score (nSPS) is 21.2. The van der Waals surface area contributed by atoms with Crippen LogP contribution in [0.2, 0.25) is 0 Å². The molecule has 130 valence electrons. The smallest absolute Gasteiger partial charge is 0.317 e. The van der Waals surface area contributed by atoms with E-state index < -0.39 is 6.10 Å². The monoisotopic (exact) mass is 330 g/mol. The Morgan fingerprint density at radius 1 is 1.42 bits per heavy atom. The first kappa shape index (κ1) is 16.8. The first-order chi connectivity index (χ1) is 11.6. The number of aromatic nitrogens is 2. The molecule has 0 aliphatic carbocycles. The quantitative estimate of drug-likeness (QED) is 0.844. The van der Waals surface area contributed by atoms with Crippen molar-refractivity contribution in [1.29, 1.82) is 0 Å². The number of nitrogens with one attached hydrogen (secondary N) is 1. The molecule has 3 rings (SSSR count). The molecular weight excluding hydrogens is 304 g/mol. The van der Waals surface area contributed by atoms with Gasteiger partial charge in [-0.05, 0) is 37.8 Å². The zero-order valence-electron chi connectivity index (χ0n) is 14.4. The third-order valence-electron chi connectivity index (χ3n) is 4.89. The van der Waals surface area contributed by atoms with Crippen LogP contribution < -0.4 is 5.32 Å². The maximum absolute atomic E-state index is 12.2. The Morgan fingerprint density at radius 2 is 2.21 bits per heavy atom. The van der Waals surface area contributed by atoms with Crippen molar-refractivity contribution in [2.75, 3.05) is 19.6 Å². The van der Waals surface area contributed by atoms with Crippen molar-refractivity contribution in [1.82, 2.24) is 19.8 Å². The number of para-hydroxylation sites is 2. The summed E-state index contributed by atoms with van der Waals surface area (Å²) in [6.07, 6.45) is 1.29. The van der Waals surface area contributed by atoms with Gasteiger partial charge in [-0.2, -0.15) is 0 Å². The van der Waals surface area contributed by atoms with Gasteiger partial charge >= 0.3 is 6.03 Å². The third-order valence-corrected chi connectivity index (χ3v) is 4.89. The van der Waals surface area contributed by atoms with Crippen LogP contribution in [0.1, 0.15) is 25.6 Å². The van der Waals surface area contributed by atoms with Crippen molar-refractivity contribution >= 4 is 17.1 Å². The molecule has 0 spiro atoms. The van der Waals surface area contributed by atoms with Crippen LogP contribution in [0.25, 0.3) is 11.0 Å². The summed E-state index contributed by atoms with van der Waals surface area (Å²) in [5, 5.41) is 12.9. The van der Waals surface area contributed by atoms with E-state index in [1.807, 2.05) is 32.0 Å². The number of rotatable bonds is 4. The number of likely N-dealkylation sites (tertiary alicyclic amines) is 1. The number of hydrogen-bond donors (Lipinski definition) is 2. The van der Waals surface area contributed by atoms with E-state index in [0.717, 1.165) is 42.8 Å². The maximum Gasteiger partial charge on any atom is 0.317 e. The number of aryl methyl sites for hydroxylation is 2. The summed E-state index contributed by atoms with van der Waals surface area (Å²) in [6.45, 7) is 6.62. The molecule has 2 heterocycles. The average Bonchev–Trinajstić information content (AvgIpc) is 2.89. The molecule has 1 aliphatic rings. The van der Waals surface area contributed by atoms with Crippen molar-refractivity contribution in [3.63, 3.8) is 0 Å². The number of urea groups is 1. The lowest BCUT2D eigenvalue weighted by molar-refractivity contribution is 0.0436. The lowest BCUT2D eigenvalue weighted by Gasteiger charge is -2.34. The summed E-state index contributed by atoms with van der Waals surface area (Å²) in [5.41, 5.74) is 2.14. The van der Waals surface area contributed by atoms with Gasteiger partial charge in [-0.25, -0.2) is 9.78 Å².